The zero-order valence-electron chi connectivity index (χ0n) is 19.4. The molecular weight excluding hydrogens is 384 g/mol. The molecule has 0 unspecified atom stereocenters. The van der Waals surface area contributed by atoms with E-state index in [9.17, 15) is 10.2 Å². The van der Waals surface area contributed by atoms with Gasteiger partial charge in [0, 0.05) is 17.4 Å². The standard InChI is InChI=1S/C25H32N2O2.C2H6/c1-19-23-18-22(29)12-13-24(23)27(25(19)20-8-10-21(28)11-9-20)17-5-3-2-4-14-26-15-6-7-16-26;1-2/h8-13,18,28-29H,2-7,14-17H2,1H3;1-2H3. The molecule has 4 heteroatoms. The third-order valence-corrected chi connectivity index (χ3v) is 6.25. The van der Waals surface area contributed by atoms with Crippen LogP contribution in [0.2, 0.25) is 0 Å². The first-order valence-electron chi connectivity index (χ1n) is 12.0. The minimum absolute atomic E-state index is 0.282. The predicted molar refractivity (Wildman–Crippen MR) is 131 cm³/mol. The average Bonchev–Trinajstić information content (AvgIpc) is 3.39. The number of phenols is 2. The van der Waals surface area contributed by atoms with E-state index in [0.717, 1.165) is 23.9 Å². The van der Waals surface area contributed by atoms with Crippen LogP contribution in [-0.2, 0) is 6.54 Å². The number of hydrogen-bond acceptors (Lipinski definition) is 3. The fourth-order valence-electron chi connectivity index (χ4n) is 4.70. The van der Waals surface area contributed by atoms with Crippen molar-refractivity contribution in [3.63, 3.8) is 0 Å². The van der Waals surface area contributed by atoms with Crippen LogP contribution in [0.5, 0.6) is 11.5 Å². The highest BCUT2D eigenvalue weighted by molar-refractivity contribution is 5.92. The second kappa shape index (κ2) is 11.2. The van der Waals surface area contributed by atoms with Crippen molar-refractivity contribution in [1.82, 2.24) is 9.47 Å². The van der Waals surface area contributed by atoms with Crippen LogP contribution in [-0.4, -0.2) is 39.3 Å². The molecule has 4 rings (SSSR count). The number of fused-ring (bicyclic) bond motifs is 1. The summed E-state index contributed by atoms with van der Waals surface area (Å²) in [6.45, 7) is 10.9. The molecule has 1 fully saturated rings. The van der Waals surface area contributed by atoms with E-state index >= 15 is 0 Å². The van der Waals surface area contributed by atoms with Gasteiger partial charge in [0.25, 0.3) is 0 Å². The summed E-state index contributed by atoms with van der Waals surface area (Å²) in [6.07, 6.45) is 7.70. The molecule has 0 bridgehead atoms. The summed E-state index contributed by atoms with van der Waals surface area (Å²) >= 11 is 0. The molecule has 0 saturated carbocycles. The van der Waals surface area contributed by atoms with E-state index in [2.05, 4.69) is 16.4 Å². The lowest BCUT2D eigenvalue weighted by Crippen LogP contribution is -2.20. The van der Waals surface area contributed by atoms with Gasteiger partial charge in [-0.2, -0.15) is 0 Å². The maximum Gasteiger partial charge on any atom is 0.116 e. The molecule has 1 aliphatic rings. The molecular formula is C27H38N2O2. The second-order valence-electron chi connectivity index (χ2n) is 8.34. The number of benzene rings is 2. The maximum absolute atomic E-state index is 9.98. The smallest absolute Gasteiger partial charge is 0.116 e. The van der Waals surface area contributed by atoms with Gasteiger partial charge in [0.15, 0.2) is 0 Å². The number of phenolic OH excluding ortho intramolecular Hbond substituents is 2. The van der Waals surface area contributed by atoms with E-state index in [1.165, 1.54) is 68.5 Å². The molecule has 2 aromatic carbocycles. The Labute approximate surface area is 187 Å². The number of aromatic hydroxyl groups is 2. The molecule has 1 saturated heterocycles. The molecule has 0 atom stereocenters. The summed E-state index contributed by atoms with van der Waals surface area (Å²) in [6, 6.07) is 13.1. The number of nitrogens with zero attached hydrogens (tertiary/aromatic N) is 2. The fraction of sp³-hybridized carbons (Fsp3) is 0.481. The van der Waals surface area contributed by atoms with Crippen LogP contribution in [0, 0.1) is 6.92 Å². The predicted octanol–water partition coefficient (Wildman–Crippen LogP) is 6.71. The van der Waals surface area contributed by atoms with Gasteiger partial charge in [-0.05, 0) is 106 Å². The minimum Gasteiger partial charge on any atom is -0.508 e. The molecule has 1 aliphatic heterocycles. The molecule has 1 aromatic heterocycles. The Morgan fingerprint density at radius 1 is 0.774 bits per heavy atom. The van der Waals surface area contributed by atoms with Gasteiger partial charge in [0.1, 0.15) is 11.5 Å². The van der Waals surface area contributed by atoms with Crippen LogP contribution in [0.25, 0.3) is 22.2 Å². The molecule has 2 N–H and O–H groups in total. The van der Waals surface area contributed by atoms with E-state index in [1.807, 2.05) is 38.1 Å². The Balaban J connectivity index is 0.00000132. The SMILES string of the molecule is CC.Cc1c(-c2ccc(O)cc2)n(CCCCCCN2CCCC2)c2ccc(O)cc12. The van der Waals surface area contributed by atoms with Crippen LogP contribution in [0.15, 0.2) is 42.5 Å². The molecule has 0 amide bonds. The van der Waals surface area contributed by atoms with E-state index in [0.29, 0.717) is 5.75 Å². The normalized spacial score (nSPS) is 14.0. The monoisotopic (exact) mass is 422 g/mol. The summed E-state index contributed by atoms with van der Waals surface area (Å²) in [4.78, 5) is 2.60. The van der Waals surface area contributed by atoms with E-state index in [-0.39, 0.29) is 5.75 Å². The maximum atomic E-state index is 9.98. The van der Waals surface area contributed by atoms with Crippen molar-refractivity contribution >= 4 is 10.9 Å². The van der Waals surface area contributed by atoms with Gasteiger partial charge in [-0.25, -0.2) is 0 Å². The van der Waals surface area contributed by atoms with Crippen LogP contribution in [0.4, 0.5) is 0 Å². The largest absolute Gasteiger partial charge is 0.508 e. The first kappa shape index (κ1) is 23.2. The van der Waals surface area contributed by atoms with Crippen molar-refractivity contribution in [1.29, 1.82) is 0 Å². The van der Waals surface area contributed by atoms with Crippen molar-refractivity contribution in [2.45, 2.75) is 65.8 Å². The number of aromatic nitrogens is 1. The summed E-state index contributed by atoms with van der Waals surface area (Å²) in [7, 11) is 0. The topological polar surface area (TPSA) is 48.6 Å². The van der Waals surface area contributed by atoms with Gasteiger partial charge in [-0.3, -0.25) is 0 Å². The van der Waals surface area contributed by atoms with Crippen molar-refractivity contribution in [3.05, 3.63) is 48.0 Å². The number of aryl methyl sites for hydroxylation is 2. The van der Waals surface area contributed by atoms with Crippen molar-refractivity contribution < 1.29 is 10.2 Å². The number of unbranched alkanes of at least 4 members (excludes halogenated alkanes) is 3. The summed E-state index contributed by atoms with van der Waals surface area (Å²) in [5.74, 6) is 0.585. The van der Waals surface area contributed by atoms with Crippen molar-refractivity contribution in [2.75, 3.05) is 19.6 Å². The molecule has 3 aromatic rings. The summed E-state index contributed by atoms with van der Waals surface area (Å²) < 4.78 is 2.39. The van der Waals surface area contributed by atoms with E-state index < -0.39 is 0 Å². The van der Waals surface area contributed by atoms with Crippen molar-refractivity contribution in [3.8, 4) is 22.8 Å². The zero-order chi connectivity index (χ0) is 22.2. The molecule has 0 aliphatic carbocycles. The van der Waals surface area contributed by atoms with Gasteiger partial charge in [0.2, 0.25) is 0 Å². The lowest BCUT2D eigenvalue weighted by molar-refractivity contribution is 0.327. The highest BCUT2D eigenvalue weighted by Gasteiger charge is 2.16. The first-order chi connectivity index (χ1) is 15.1. The molecule has 168 valence electrons. The zero-order valence-corrected chi connectivity index (χ0v) is 19.4. The summed E-state index contributed by atoms with van der Waals surface area (Å²) in [5.41, 5.74) is 4.63. The Kier molecular flexibility index (Phi) is 8.42. The van der Waals surface area contributed by atoms with Gasteiger partial charge in [-0.15, -0.1) is 0 Å². The number of hydrogen-bond donors (Lipinski definition) is 2. The number of likely N-dealkylation sites (tertiary alicyclic amines) is 1. The molecule has 2 heterocycles. The molecule has 31 heavy (non-hydrogen) atoms. The Morgan fingerprint density at radius 3 is 2.06 bits per heavy atom. The second-order valence-corrected chi connectivity index (χ2v) is 8.34. The van der Waals surface area contributed by atoms with Gasteiger partial charge < -0.3 is 19.7 Å². The van der Waals surface area contributed by atoms with Crippen molar-refractivity contribution in [2.24, 2.45) is 0 Å². The van der Waals surface area contributed by atoms with Crippen LogP contribution in [0.1, 0.15) is 57.9 Å². The minimum atomic E-state index is 0.282. The fourth-order valence-corrected chi connectivity index (χ4v) is 4.70. The van der Waals surface area contributed by atoms with E-state index in [1.54, 1.807) is 18.2 Å². The highest BCUT2D eigenvalue weighted by Crippen LogP contribution is 2.36. The molecule has 0 radical (unpaired) electrons. The molecule has 4 nitrogen and oxygen atoms in total. The van der Waals surface area contributed by atoms with Gasteiger partial charge in [0.05, 0.1) is 5.69 Å². The lowest BCUT2D eigenvalue weighted by Gasteiger charge is -2.14. The Morgan fingerprint density at radius 2 is 1.39 bits per heavy atom. The summed E-state index contributed by atoms with van der Waals surface area (Å²) in [5, 5.41) is 20.8. The average molecular weight is 423 g/mol. The Bertz CT molecular complexity index is 954. The van der Waals surface area contributed by atoms with Crippen LogP contribution in [0.3, 0.4) is 0 Å². The number of rotatable bonds is 8. The highest BCUT2D eigenvalue weighted by atomic mass is 16.3. The van der Waals surface area contributed by atoms with Gasteiger partial charge >= 0.3 is 0 Å². The lowest BCUT2D eigenvalue weighted by atomic mass is 10.1. The van der Waals surface area contributed by atoms with E-state index in [4.69, 9.17) is 0 Å². The first-order valence-corrected chi connectivity index (χ1v) is 12.0. The Hall–Kier alpha value is -2.46. The third kappa shape index (κ3) is 5.62. The van der Waals surface area contributed by atoms with Crippen LogP contribution < -0.4 is 0 Å². The third-order valence-electron chi connectivity index (χ3n) is 6.25. The molecule has 0 spiro atoms. The van der Waals surface area contributed by atoms with Crippen LogP contribution >= 0.6 is 0 Å². The van der Waals surface area contributed by atoms with Gasteiger partial charge in [-0.1, -0.05) is 26.7 Å². The quantitative estimate of drug-likeness (QED) is 0.397.